The first-order valence-corrected chi connectivity index (χ1v) is 12.2. The van der Waals surface area contributed by atoms with Crippen molar-refractivity contribution in [3.8, 4) is 34.8 Å². The van der Waals surface area contributed by atoms with Gasteiger partial charge < -0.3 is 29.4 Å². The number of nitrogens with zero attached hydrogens (tertiary/aromatic N) is 1. The van der Waals surface area contributed by atoms with Crippen LogP contribution in [0, 0.1) is 24.2 Å². The first-order valence-electron chi connectivity index (χ1n) is 12.2. The molecule has 0 saturated heterocycles. The number of benzene rings is 3. The number of ether oxygens (including phenoxy) is 5. The topological polar surface area (TPSA) is 113 Å². The fourth-order valence-corrected chi connectivity index (χ4v) is 4.02. The fourth-order valence-electron chi connectivity index (χ4n) is 4.02. The molecule has 1 aliphatic heterocycles. The quantitative estimate of drug-likeness (QED) is 0.305. The van der Waals surface area contributed by atoms with Crippen molar-refractivity contribution < 1.29 is 28.5 Å². The van der Waals surface area contributed by atoms with Crippen LogP contribution in [-0.4, -0.2) is 26.3 Å². The number of esters is 1. The summed E-state index contributed by atoms with van der Waals surface area (Å²) in [7, 11) is 1.57. The molecule has 0 saturated carbocycles. The average molecular weight is 515 g/mol. The largest absolute Gasteiger partial charge is 0.493 e. The van der Waals surface area contributed by atoms with Gasteiger partial charge in [-0.05, 0) is 48.7 Å². The molecule has 3 aromatic rings. The van der Waals surface area contributed by atoms with Gasteiger partial charge in [0, 0.05) is 11.6 Å². The van der Waals surface area contributed by atoms with E-state index in [0.717, 1.165) is 11.1 Å². The van der Waals surface area contributed by atoms with E-state index >= 15 is 0 Å². The van der Waals surface area contributed by atoms with Gasteiger partial charge >= 0.3 is 5.97 Å². The van der Waals surface area contributed by atoms with Crippen LogP contribution in [0.4, 0.5) is 0 Å². The third-order valence-corrected chi connectivity index (χ3v) is 5.89. The molecule has 1 unspecified atom stereocenters. The summed E-state index contributed by atoms with van der Waals surface area (Å²) in [5, 5.41) is 9.88. The molecule has 0 spiro atoms. The van der Waals surface area contributed by atoms with Gasteiger partial charge in [0.1, 0.15) is 28.9 Å². The van der Waals surface area contributed by atoms with E-state index < -0.39 is 11.9 Å². The Hall–Kier alpha value is -4.64. The highest BCUT2D eigenvalue weighted by molar-refractivity contribution is 5.74. The molecule has 4 rings (SSSR count). The highest BCUT2D eigenvalue weighted by atomic mass is 16.6. The van der Waals surface area contributed by atoms with Crippen LogP contribution in [0.3, 0.4) is 0 Å². The van der Waals surface area contributed by atoms with Crippen LogP contribution in [0.25, 0.3) is 0 Å². The summed E-state index contributed by atoms with van der Waals surface area (Å²) < 4.78 is 28.1. The van der Waals surface area contributed by atoms with Gasteiger partial charge in [-0.3, -0.25) is 0 Å². The van der Waals surface area contributed by atoms with Gasteiger partial charge in [-0.25, -0.2) is 4.79 Å². The minimum atomic E-state index is -0.569. The lowest BCUT2D eigenvalue weighted by Crippen LogP contribution is -2.22. The minimum absolute atomic E-state index is 0.0183. The zero-order valence-corrected chi connectivity index (χ0v) is 21.8. The van der Waals surface area contributed by atoms with Crippen molar-refractivity contribution in [2.75, 3.05) is 20.3 Å². The number of nitrogens with two attached hydrogens (primary N) is 1. The second-order valence-corrected chi connectivity index (χ2v) is 9.32. The van der Waals surface area contributed by atoms with Crippen LogP contribution in [0.2, 0.25) is 0 Å². The maximum atomic E-state index is 12.4. The van der Waals surface area contributed by atoms with E-state index in [1.54, 1.807) is 37.4 Å². The SMILES string of the molecule is COc1cc(C2C(C#N)=C(N)Oc3cc(OC(=O)COc4ccc(C)cc4)ccc32)ccc1OCC(C)C. The van der Waals surface area contributed by atoms with Crippen LogP contribution < -0.4 is 29.4 Å². The molecule has 3 aromatic carbocycles. The summed E-state index contributed by atoms with van der Waals surface area (Å²) in [4.78, 5) is 12.4. The molecule has 2 N–H and O–H groups in total. The van der Waals surface area contributed by atoms with E-state index in [9.17, 15) is 10.1 Å². The van der Waals surface area contributed by atoms with Gasteiger partial charge in [-0.2, -0.15) is 5.26 Å². The number of hydrogen-bond donors (Lipinski definition) is 1. The predicted molar refractivity (Wildman–Crippen MR) is 141 cm³/mol. The summed E-state index contributed by atoms with van der Waals surface area (Å²) in [6.45, 7) is 6.39. The number of carbonyl (C=O) groups excluding carboxylic acids is 1. The van der Waals surface area contributed by atoms with E-state index in [4.69, 9.17) is 29.4 Å². The Labute approximate surface area is 222 Å². The van der Waals surface area contributed by atoms with E-state index in [1.165, 1.54) is 0 Å². The number of rotatable bonds is 9. The summed E-state index contributed by atoms with van der Waals surface area (Å²) in [6.07, 6.45) is 0. The Kier molecular flexibility index (Phi) is 8.07. The molecule has 1 atom stereocenters. The van der Waals surface area contributed by atoms with E-state index in [2.05, 4.69) is 19.9 Å². The van der Waals surface area contributed by atoms with Gasteiger partial charge in [-0.15, -0.1) is 0 Å². The number of methoxy groups -OCH3 is 1. The molecule has 1 heterocycles. The molecule has 8 heteroatoms. The van der Waals surface area contributed by atoms with E-state index in [1.807, 2.05) is 37.3 Å². The number of fused-ring (bicyclic) bond motifs is 1. The Bertz CT molecular complexity index is 1390. The average Bonchev–Trinajstić information content (AvgIpc) is 2.90. The lowest BCUT2D eigenvalue weighted by atomic mass is 9.83. The van der Waals surface area contributed by atoms with E-state index in [0.29, 0.717) is 41.1 Å². The Morgan fingerprint density at radius 1 is 1.03 bits per heavy atom. The first kappa shape index (κ1) is 26.4. The van der Waals surface area contributed by atoms with Gasteiger partial charge in [0.2, 0.25) is 5.88 Å². The van der Waals surface area contributed by atoms with Crippen molar-refractivity contribution in [1.82, 2.24) is 0 Å². The Balaban J connectivity index is 1.56. The zero-order chi connectivity index (χ0) is 27.2. The fraction of sp³-hybridized carbons (Fsp3) is 0.267. The minimum Gasteiger partial charge on any atom is -0.493 e. The summed E-state index contributed by atoms with van der Waals surface area (Å²) in [6, 6.07) is 20.0. The highest BCUT2D eigenvalue weighted by Crippen LogP contribution is 2.45. The van der Waals surface area contributed by atoms with Gasteiger partial charge in [0.15, 0.2) is 18.1 Å². The maximum Gasteiger partial charge on any atom is 0.349 e. The van der Waals surface area contributed by atoms with Crippen LogP contribution in [0.15, 0.2) is 72.1 Å². The lowest BCUT2D eigenvalue weighted by Gasteiger charge is -2.27. The van der Waals surface area contributed by atoms with Gasteiger partial charge in [0.25, 0.3) is 0 Å². The van der Waals surface area contributed by atoms with Crippen molar-refractivity contribution in [3.63, 3.8) is 0 Å². The third kappa shape index (κ3) is 6.01. The summed E-state index contributed by atoms with van der Waals surface area (Å²) >= 11 is 0. The number of allylic oxidation sites excluding steroid dienone is 1. The van der Waals surface area contributed by atoms with Crippen molar-refractivity contribution in [2.45, 2.75) is 26.7 Å². The van der Waals surface area contributed by atoms with E-state index in [-0.39, 0.29) is 23.8 Å². The van der Waals surface area contributed by atoms with Gasteiger partial charge in [0.05, 0.1) is 19.6 Å². The first-order chi connectivity index (χ1) is 18.3. The molecular weight excluding hydrogens is 484 g/mol. The molecule has 0 bridgehead atoms. The molecule has 0 radical (unpaired) electrons. The highest BCUT2D eigenvalue weighted by Gasteiger charge is 2.31. The second kappa shape index (κ2) is 11.6. The molecule has 0 amide bonds. The predicted octanol–water partition coefficient (Wildman–Crippen LogP) is 5.24. The molecular formula is C30H30N2O6. The van der Waals surface area contributed by atoms with Crippen molar-refractivity contribution in [3.05, 3.63) is 88.8 Å². The molecule has 0 fully saturated rings. The third-order valence-electron chi connectivity index (χ3n) is 5.89. The maximum absolute atomic E-state index is 12.4. The molecule has 0 aliphatic carbocycles. The number of hydrogen-bond acceptors (Lipinski definition) is 8. The Morgan fingerprint density at radius 2 is 1.76 bits per heavy atom. The number of nitriles is 1. The summed E-state index contributed by atoms with van der Waals surface area (Å²) in [5.41, 5.74) is 8.98. The van der Waals surface area contributed by atoms with Crippen molar-refractivity contribution in [1.29, 1.82) is 5.26 Å². The second-order valence-electron chi connectivity index (χ2n) is 9.32. The monoisotopic (exact) mass is 514 g/mol. The summed E-state index contributed by atoms with van der Waals surface area (Å²) in [5.74, 6) is 1.64. The van der Waals surface area contributed by atoms with Crippen LogP contribution in [0.5, 0.6) is 28.7 Å². The van der Waals surface area contributed by atoms with Crippen molar-refractivity contribution >= 4 is 5.97 Å². The molecule has 0 aromatic heterocycles. The van der Waals surface area contributed by atoms with Gasteiger partial charge in [-0.1, -0.05) is 43.7 Å². The van der Waals surface area contributed by atoms with Crippen LogP contribution in [0.1, 0.15) is 36.5 Å². The standard InChI is InChI=1S/C30H30N2O6/c1-18(2)16-36-25-12-7-20(13-27(25)34-4)29-23-11-10-22(14-26(23)38-30(32)24(29)15-31)37-28(33)17-35-21-8-5-19(3)6-9-21/h5-14,18,29H,16-17,32H2,1-4H3. The molecule has 1 aliphatic rings. The zero-order valence-electron chi connectivity index (χ0n) is 21.8. The number of carbonyl (C=O) groups is 1. The lowest BCUT2D eigenvalue weighted by molar-refractivity contribution is -0.136. The van der Waals surface area contributed by atoms with Crippen LogP contribution in [-0.2, 0) is 4.79 Å². The Morgan fingerprint density at radius 3 is 2.45 bits per heavy atom. The molecule has 196 valence electrons. The van der Waals surface area contributed by atoms with Crippen LogP contribution >= 0.6 is 0 Å². The smallest absolute Gasteiger partial charge is 0.349 e. The number of aryl methyl sites for hydroxylation is 1. The molecule has 38 heavy (non-hydrogen) atoms. The molecule has 8 nitrogen and oxygen atoms in total. The van der Waals surface area contributed by atoms with Crippen molar-refractivity contribution in [2.24, 2.45) is 11.7 Å². The normalized spacial score (nSPS) is 14.3.